The highest BCUT2D eigenvalue weighted by molar-refractivity contribution is 7.09. The number of thiazole rings is 1. The third-order valence-corrected chi connectivity index (χ3v) is 2.99. The van der Waals surface area contributed by atoms with Gasteiger partial charge in [-0.05, 0) is 31.2 Å². The molecule has 100 valence electrons. The lowest BCUT2D eigenvalue weighted by molar-refractivity contribution is -0.137. The zero-order valence-corrected chi connectivity index (χ0v) is 10.5. The van der Waals surface area contributed by atoms with Crippen molar-refractivity contribution in [3.05, 3.63) is 45.9 Å². The molecule has 0 fully saturated rings. The van der Waals surface area contributed by atoms with E-state index in [9.17, 15) is 18.0 Å². The third-order valence-electron chi connectivity index (χ3n) is 2.22. The Kier molecular flexibility index (Phi) is 3.57. The quantitative estimate of drug-likeness (QED) is 0.624. The smallest absolute Gasteiger partial charge is 0.416 e. The summed E-state index contributed by atoms with van der Waals surface area (Å²) in [4.78, 5) is 15.5. The number of rotatable bonds is 2. The van der Waals surface area contributed by atoms with E-state index in [0.717, 1.165) is 24.3 Å². The average molecular weight is 287 g/mol. The Hall–Kier alpha value is -1.89. The molecule has 2 rings (SSSR count). The van der Waals surface area contributed by atoms with Crippen LogP contribution in [0.4, 0.5) is 13.2 Å². The first-order valence-electron chi connectivity index (χ1n) is 5.18. The van der Waals surface area contributed by atoms with Crippen LogP contribution in [-0.2, 0) is 6.18 Å². The molecule has 19 heavy (non-hydrogen) atoms. The summed E-state index contributed by atoms with van der Waals surface area (Å²) in [7, 11) is 0. The lowest BCUT2D eigenvalue weighted by Crippen LogP contribution is -2.09. The van der Waals surface area contributed by atoms with Gasteiger partial charge >= 0.3 is 12.1 Å². The number of aryl methyl sites for hydroxylation is 1. The molecule has 0 amide bonds. The number of hydrogen-bond acceptors (Lipinski definition) is 4. The lowest BCUT2D eigenvalue weighted by Gasteiger charge is -2.07. The number of hydrogen-bond donors (Lipinski definition) is 0. The first-order chi connectivity index (χ1) is 8.86. The second kappa shape index (κ2) is 5.00. The van der Waals surface area contributed by atoms with Gasteiger partial charge in [0, 0.05) is 5.38 Å². The fourth-order valence-corrected chi connectivity index (χ4v) is 1.91. The largest absolute Gasteiger partial charge is 0.422 e. The van der Waals surface area contributed by atoms with E-state index in [2.05, 4.69) is 4.98 Å². The predicted molar refractivity (Wildman–Crippen MR) is 63.3 cm³/mol. The highest BCUT2D eigenvalue weighted by atomic mass is 32.1. The van der Waals surface area contributed by atoms with Crippen LogP contribution in [-0.4, -0.2) is 11.0 Å². The minimum absolute atomic E-state index is 0.0450. The minimum atomic E-state index is -4.41. The van der Waals surface area contributed by atoms with Gasteiger partial charge in [-0.1, -0.05) is 0 Å². The number of carbonyl (C=O) groups excluding carboxylic acids is 1. The normalized spacial score (nSPS) is 11.4. The standard InChI is InChI=1S/C12H8F3NO2S/c1-7-16-10(6-19-7)11(17)18-9-4-2-8(3-5-9)12(13,14)15/h2-6H,1H3. The van der Waals surface area contributed by atoms with Crippen molar-refractivity contribution in [3.63, 3.8) is 0 Å². The predicted octanol–water partition coefficient (Wildman–Crippen LogP) is 3.69. The average Bonchev–Trinajstić information content (AvgIpc) is 2.75. The number of carbonyl (C=O) groups is 1. The van der Waals surface area contributed by atoms with Crippen LogP contribution in [0.2, 0.25) is 0 Å². The maximum Gasteiger partial charge on any atom is 0.416 e. The summed E-state index contributed by atoms with van der Waals surface area (Å²) >= 11 is 1.29. The van der Waals surface area contributed by atoms with Crippen LogP contribution < -0.4 is 4.74 Å². The molecule has 0 unspecified atom stereocenters. The van der Waals surface area contributed by atoms with Crippen LogP contribution in [0.25, 0.3) is 0 Å². The molecular weight excluding hydrogens is 279 g/mol. The first-order valence-corrected chi connectivity index (χ1v) is 6.06. The Morgan fingerprint density at radius 2 is 1.89 bits per heavy atom. The van der Waals surface area contributed by atoms with Crippen LogP contribution in [0, 0.1) is 6.92 Å². The topological polar surface area (TPSA) is 39.2 Å². The number of alkyl halides is 3. The highest BCUT2D eigenvalue weighted by Gasteiger charge is 2.30. The summed E-state index contributed by atoms with van der Waals surface area (Å²) in [6, 6.07) is 3.91. The van der Waals surface area contributed by atoms with E-state index >= 15 is 0 Å². The van der Waals surface area contributed by atoms with Gasteiger partial charge < -0.3 is 4.74 Å². The van der Waals surface area contributed by atoms with E-state index in [-0.39, 0.29) is 11.4 Å². The van der Waals surface area contributed by atoms with Crippen molar-refractivity contribution in [2.45, 2.75) is 13.1 Å². The number of nitrogens with zero attached hydrogens (tertiary/aromatic N) is 1. The van der Waals surface area contributed by atoms with Crippen molar-refractivity contribution >= 4 is 17.3 Å². The Balaban J connectivity index is 2.10. The van der Waals surface area contributed by atoms with Crippen molar-refractivity contribution in [3.8, 4) is 5.75 Å². The number of aromatic nitrogens is 1. The molecule has 1 aromatic heterocycles. The van der Waals surface area contributed by atoms with E-state index in [0.29, 0.717) is 5.01 Å². The Labute approximate surface area is 110 Å². The summed E-state index contributed by atoms with van der Waals surface area (Å²) in [6.45, 7) is 1.74. The van der Waals surface area contributed by atoms with Gasteiger partial charge in [0.05, 0.1) is 10.6 Å². The van der Waals surface area contributed by atoms with Crippen molar-refractivity contribution in [1.82, 2.24) is 4.98 Å². The van der Waals surface area contributed by atoms with Crippen molar-refractivity contribution in [2.24, 2.45) is 0 Å². The monoisotopic (exact) mass is 287 g/mol. The van der Waals surface area contributed by atoms with Gasteiger partial charge in [-0.15, -0.1) is 11.3 Å². The Morgan fingerprint density at radius 1 is 1.26 bits per heavy atom. The maximum atomic E-state index is 12.3. The maximum absolute atomic E-state index is 12.3. The molecule has 0 spiro atoms. The van der Waals surface area contributed by atoms with E-state index in [4.69, 9.17) is 4.74 Å². The summed E-state index contributed by atoms with van der Waals surface area (Å²) in [6.07, 6.45) is -4.41. The van der Waals surface area contributed by atoms with Gasteiger partial charge in [0.25, 0.3) is 0 Å². The second-order valence-corrected chi connectivity index (χ2v) is 4.73. The lowest BCUT2D eigenvalue weighted by atomic mass is 10.2. The van der Waals surface area contributed by atoms with E-state index < -0.39 is 17.7 Å². The fourth-order valence-electron chi connectivity index (χ4n) is 1.33. The summed E-state index contributed by atoms with van der Waals surface area (Å²) < 4.78 is 41.9. The van der Waals surface area contributed by atoms with E-state index in [1.807, 2.05) is 0 Å². The number of ether oxygens (including phenoxy) is 1. The van der Waals surface area contributed by atoms with Crippen LogP contribution >= 0.6 is 11.3 Å². The van der Waals surface area contributed by atoms with Crippen LogP contribution in [0.15, 0.2) is 29.6 Å². The van der Waals surface area contributed by atoms with Crippen molar-refractivity contribution in [2.75, 3.05) is 0 Å². The van der Waals surface area contributed by atoms with Gasteiger partial charge in [-0.2, -0.15) is 13.2 Å². The number of esters is 1. The first kappa shape index (κ1) is 13.5. The van der Waals surface area contributed by atoms with Gasteiger partial charge in [0.15, 0.2) is 5.69 Å². The summed E-state index contributed by atoms with van der Waals surface area (Å²) in [5.74, 6) is -0.646. The SMILES string of the molecule is Cc1nc(C(=O)Oc2ccc(C(F)(F)F)cc2)cs1. The zero-order chi connectivity index (χ0) is 14.0. The summed E-state index contributed by atoms with van der Waals surface area (Å²) in [5.41, 5.74) is -0.654. The molecule has 0 N–H and O–H groups in total. The molecule has 1 heterocycles. The Bertz CT molecular complexity index is 590. The van der Waals surface area contributed by atoms with Gasteiger partial charge in [0.2, 0.25) is 0 Å². The molecule has 0 aliphatic carbocycles. The fraction of sp³-hybridized carbons (Fsp3) is 0.167. The molecule has 1 aromatic carbocycles. The molecule has 0 saturated carbocycles. The van der Waals surface area contributed by atoms with Crippen LogP contribution in [0.1, 0.15) is 21.1 Å². The van der Waals surface area contributed by atoms with Gasteiger partial charge in [0.1, 0.15) is 5.75 Å². The minimum Gasteiger partial charge on any atom is -0.422 e. The molecule has 0 bridgehead atoms. The molecule has 7 heteroatoms. The number of halogens is 3. The van der Waals surface area contributed by atoms with Gasteiger partial charge in [-0.3, -0.25) is 0 Å². The molecule has 0 aliphatic rings. The molecule has 0 saturated heterocycles. The molecule has 0 aliphatic heterocycles. The van der Waals surface area contributed by atoms with E-state index in [1.54, 1.807) is 6.92 Å². The third kappa shape index (κ3) is 3.31. The molecule has 3 nitrogen and oxygen atoms in total. The van der Waals surface area contributed by atoms with Crippen molar-refractivity contribution in [1.29, 1.82) is 0 Å². The molecule has 2 aromatic rings. The van der Waals surface area contributed by atoms with Gasteiger partial charge in [-0.25, -0.2) is 9.78 Å². The molecule has 0 atom stereocenters. The zero-order valence-electron chi connectivity index (χ0n) is 9.69. The van der Waals surface area contributed by atoms with Crippen LogP contribution in [0.3, 0.4) is 0 Å². The molecular formula is C12H8F3NO2S. The van der Waals surface area contributed by atoms with Crippen molar-refractivity contribution < 1.29 is 22.7 Å². The molecule has 0 radical (unpaired) electrons. The number of benzene rings is 1. The highest BCUT2D eigenvalue weighted by Crippen LogP contribution is 2.30. The second-order valence-electron chi connectivity index (χ2n) is 3.66. The summed E-state index contributed by atoms with van der Waals surface area (Å²) in [5, 5.41) is 2.24. The Morgan fingerprint density at radius 3 is 2.37 bits per heavy atom. The van der Waals surface area contributed by atoms with Crippen LogP contribution in [0.5, 0.6) is 5.75 Å². The van der Waals surface area contributed by atoms with E-state index in [1.165, 1.54) is 16.7 Å².